The van der Waals surface area contributed by atoms with Gasteiger partial charge in [0, 0.05) is 5.39 Å². The van der Waals surface area contributed by atoms with Crippen molar-refractivity contribution in [1.29, 1.82) is 0 Å². The van der Waals surface area contributed by atoms with Crippen LogP contribution in [0.1, 0.15) is 48.4 Å². The topological polar surface area (TPSA) is 18.5 Å². The first-order chi connectivity index (χ1) is 18.7. The van der Waals surface area contributed by atoms with Crippen LogP contribution in [0.2, 0.25) is 0 Å². The van der Waals surface area contributed by atoms with Gasteiger partial charge in [-0.05, 0) is 84.0 Å². The minimum atomic E-state index is -4.97. The lowest BCUT2D eigenvalue weighted by atomic mass is 9.97. The third-order valence-corrected chi connectivity index (χ3v) is 6.65. The number of hydrogen-bond acceptors (Lipinski definition) is 2. The number of hydrogen-bond donors (Lipinski definition) is 0. The zero-order valence-electron chi connectivity index (χ0n) is 21.8. The molecule has 0 heterocycles. The summed E-state index contributed by atoms with van der Waals surface area (Å²) >= 11 is 0. The van der Waals surface area contributed by atoms with Gasteiger partial charge in [-0.1, -0.05) is 68.3 Å². The molecule has 2 nitrogen and oxygen atoms in total. The zero-order chi connectivity index (χ0) is 27.8. The molecule has 0 amide bonds. The van der Waals surface area contributed by atoms with Crippen molar-refractivity contribution in [3.8, 4) is 11.5 Å². The summed E-state index contributed by atoms with van der Waals surface area (Å²) in [5.74, 6) is -1.46. The molecular weight excluding hydrogens is 511 g/mol. The van der Waals surface area contributed by atoms with Gasteiger partial charge in [-0.25, -0.2) is 8.78 Å². The lowest BCUT2D eigenvalue weighted by molar-refractivity contribution is -0.275. The number of rotatable bonds is 12. The predicted molar refractivity (Wildman–Crippen MR) is 143 cm³/mol. The Kier molecular flexibility index (Phi) is 9.44. The Hall–Kier alpha value is -3.61. The lowest BCUT2D eigenvalue weighted by Gasteiger charge is -2.11. The van der Waals surface area contributed by atoms with Gasteiger partial charge in [-0.3, -0.25) is 0 Å². The molecule has 4 aromatic carbocycles. The van der Waals surface area contributed by atoms with E-state index in [1.165, 1.54) is 11.6 Å². The Bertz CT molecular complexity index is 1380. The maximum absolute atomic E-state index is 15.2. The van der Waals surface area contributed by atoms with E-state index in [2.05, 4.69) is 23.8 Å². The molecular formula is C32H31F5O2. The molecule has 0 aromatic heterocycles. The van der Waals surface area contributed by atoms with Crippen molar-refractivity contribution in [3.63, 3.8) is 0 Å². The largest absolute Gasteiger partial charge is 0.573 e. The van der Waals surface area contributed by atoms with Gasteiger partial charge in [-0.2, -0.15) is 0 Å². The van der Waals surface area contributed by atoms with Gasteiger partial charge in [0.05, 0.1) is 6.61 Å². The highest BCUT2D eigenvalue weighted by molar-refractivity contribution is 5.84. The van der Waals surface area contributed by atoms with Gasteiger partial charge in [-0.15, -0.1) is 13.2 Å². The van der Waals surface area contributed by atoms with Gasteiger partial charge in [0.25, 0.3) is 0 Å². The molecule has 39 heavy (non-hydrogen) atoms. The smallest absolute Gasteiger partial charge is 0.494 e. The average molecular weight is 543 g/mol. The Morgan fingerprint density at radius 3 is 2.08 bits per heavy atom. The molecule has 0 saturated carbocycles. The van der Waals surface area contributed by atoms with Crippen LogP contribution in [-0.2, 0) is 25.7 Å². The quantitative estimate of drug-likeness (QED) is 0.131. The highest BCUT2D eigenvalue weighted by Crippen LogP contribution is 2.28. The van der Waals surface area contributed by atoms with Gasteiger partial charge >= 0.3 is 6.36 Å². The Morgan fingerprint density at radius 1 is 0.692 bits per heavy atom. The van der Waals surface area contributed by atoms with Crippen molar-refractivity contribution >= 4 is 10.8 Å². The first-order valence-corrected chi connectivity index (χ1v) is 13.2. The number of ether oxygens (including phenoxy) is 2. The van der Waals surface area contributed by atoms with Crippen LogP contribution in [0.4, 0.5) is 22.0 Å². The second kappa shape index (κ2) is 13.0. The Labute approximate surface area is 225 Å². The number of benzene rings is 4. The molecule has 0 radical (unpaired) electrons. The summed E-state index contributed by atoms with van der Waals surface area (Å²) < 4.78 is 75.6. The van der Waals surface area contributed by atoms with Crippen molar-refractivity contribution in [2.24, 2.45) is 0 Å². The van der Waals surface area contributed by atoms with Crippen molar-refractivity contribution in [1.82, 2.24) is 0 Å². The van der Waals surface area contributed by atoms with Crippen LogP contribution in [0, 0.1) is 11.6 Å². The average Bonchev–Trinajstić information content (AvgIpc) is 2.91. The molecule has 0 fully saturated rings. The third-order valence-electron chi connectivity index (χ3n) is 6.65. The number of fused-ring (bicyclic) bond motifs is 1. The molecule has 0 unspecified atom stereocenters. The lowest BCUT2D eigenvalue weighted by Crippen LogP contribution is -2.18. The van der Waals surface area contributed by atoms with Gasteiger partial charge in [0.1, 0.15) is 11.6 Å². The molecule has 0 spiro atoms. The predicted octanol–water partition coefficient (Wildman–Crippen LogP) is 9.16. The standard InChI is InChI=1S/C32H31F5O2/c1-2-3-4-19-38-27-15-8-22(9-16-27)5-6-23-10-17-28-26(20-23)14-13-25(31(28)34)12-7-24-11-18-30(29(33)21-24)39-32(35,36)37/h8-11,13-18,20-21H,2-7,12,19H2,1H3. The molecule has 0 atom stereocenters. The van der Waals surface area contributed by atoms with Crippen LogP contribution in [0.3, 0.4) is 0 Å². The molecule has 206 valence electrons. The number of unbranched alkanes of at least 4 members (excludes halogenated alkanes) is 2. The number of alkyl halides is 3. The highest BCUT2D eigenvalue weighted by Gasteiger charge is 2.32. The van der Waals surface area contributed by atoms with Crippen LogP contribution in [0.25, 0.3) is 10.8 Å². The Morgan fingerprint density at radius 2 is 1.36 bits per heavy atom. The molecule has 4 aromatic rings. The van der Waals surface area contributed by atoms with E-state index in [-0.39, 0.29) is 18.7 Å². The first kappa shape index (κ1) is 28.4. The van der Waals surface area contributed by atoms with Crippen LogP contribution in [-0.4, -0.2) is 13.0 Å². The van der Waals surface area contributed by atoms with E-state index in [0.717, 1.165) is 67.5 Å². The maximum atomic E-state index is 15.2. The van der Waals surface area contributed by atoms with E-state index in [1.54, 1.807) is 12.1 Å². The van der Waals surface area contributed by atoms with Crippen molar-refractivity contribution in [2.75, 3.05) is 6.61 Å². The van der Waals surface area contributed by atoms with Gasteiger partial charge < -0.3 is 9.47 Å². The summed E-state index contributed by atoms with van der Waals surface area (Å²) in [5.41, 5.74) is 3.22. The fourth-order valence-electron chi connectivity index (χ4n) is 4.50. The normalized spacial score (nSPS) is 11.6. The van der Waals surface area contributed by atoms with E-state index in [1.807, 2.05) is 30.3 Å². The molecule has 0 N–H and O–H groups in total. The Balaban J connectivity index is 1.34. The first-order valence-electron chi connectivity index (χ1n) is 13.2. The second-order valence-corrected chi connectivity index (χ2v) is 9.61. The monoisotopic (exact) mass is 542 g/mol. The maximum Gasteiger partial charge on any atom is 0.573 e. The van der Waals surface area contributed by atoms with E-state index < -0.39 is 17.9 Å². The van der Waals surface area contributed by atoms with Crippen molar-refractivity contribution in [3.05, 3.63) is 107 Å². The zero-order valence-corrected chi connectivity index (χ0v) is 21.8. The van der Waals surface area contributed by atoms with Crippen molar-refractivity contribution < 1.29 is 31.4 Å². The van der Waals surface area contributed by atoms with Crippen LogP contribution in [0.15, 0.2) is 72.8 Å². The third kappa shape index (κ3) is 8.19. The summed E-state index contributed by atoms with van der Waals surface area (Å²) in [4.78, 5) is 0. The second-order valence-electron chi connectivity index (χ2n) is 9.61. The van der Waals surface area contributed by atoms with E-state index in [0.29, 0.717) is 16.5 Å². The summed E-state index contributed by atoms with van der Waals surface area (Å²) in [6.45, 7) is 2.90. The van der Waals surface area contributed by atoms with Crippen LogP contribution in [0.5, 0.6) is 11.5 Å². The molecule has 4 rings (SSSR count). The fourth-order valence-corrected chi connectivity index (χ4v) is 4.50. The molecule has 0 saturated heterocycles. The van der Waals surface area contributed by atoms with Gasteiger partial charge in [0.2, 0.25) is 0 Å². The summed E-state index contributed by atoms with van der Waals surface area (Å²) in [5, 5.41) is 1.30. The highest BCUT2D eigenvalue weighted by atomic mass is 19.4. The molecule has 0 aliphatic carbocycles. The summed E-state index contributed by atoms with van der Waals surface area (Å²) in [7, 11) is 0. The molecule has 0 aliphatic rings. The fraction of sp³-hybridized carbons (Fsp3) is 0.312. The van der Waals surface area contributed by atoms with Crippen molar-refractivity contribution in [2.45, 2.75) is 58.2 Å². The van der Waals surface area contributed by atoms with E-state index in [9.17, 15) is 17.6 Å². The number of aryl methyl sites for hydroxylation is 4. The van der Waals surface area contributed by atoms with E-state index >= 15 is 4.39 Å². The van der Waals surface area contributed by atoms with Crippen LogP contribution >= 0.6 is 0 Å². The summed E-state index contributed by atoms with van der Waals surface area (Å²) in [6, 6.07) is 20.7. The van der Waals surface area contributed by atoms with Gasteiger partial charge in [0.15, 0.2) is 11.6 Å². The van der Waals surface area contributed by atoms with Crippen LogP contribution < -0.4 is 9.47 Å². The molecule has 7 heteroatoms. The minimum Gasteiger partial charge on any atom is -0.494 e. The number of halogens is 5. The van der Waals surface area contributed by atoms with E-state index in [4.69, 9.17) is 4.74 Å². The molecule has 0 bridgehead atoms. The summed E-state index contributed by atoms with van der Waals surface area (Å²) in [6.07, 6.45) is 0.634. The molecule has 0 aliphatic heterocycles. The minimum absolute atomic E-state index is 0.270. The SMILES string of the molecule is CCCCCOc1ccc(CCc2ccc3c(F)c(CCc4ccc(OC(F)(F)F)c(F)c4)ccc3c2)cc1.